The lowest BCUT2D eigenvalue weighted by atomic mass is 10.1. The highest BCUT2D eigenvalue weighted by Crippen LogP contribution is 2.36. The third-order valence-corrected chi connectivity index (χ3v) is 12.1. The fourth-order valence-electron chi connectivity index (χ4n) is 6.19. The van der Waals surface area contributed by atoms with Crippen molar-refractivity contribution in [3.05, 3.63) is 66.7 Å². The van der Waals surface area contributed by atoms with Crippen molar-refractivity contribution in [1.82, 2.24) is 4.57 Å². The molecule has 2 heterocycles. The first-order chi connectivity index (χ1) is 19.1. The van der Waals surface area contributed by atoms with Crippen LogP contribution in [0.5, 0.6) is 5.75 Å². The molecule has 1 fully saturated rings. The molecular formula is C35H47NO2Si. The molecule has 1 saturated heterocycles. The summed E-state index contributed by atoms with van der Waals surface area (Å²) in [4.78, 5) is 0. The number of benzene rings is 3. The van der Waals surface area contributed by atoms with Crippen LogP contribution in [0.4, 0.5) is 0 Å². The summed E-state index contributed by atoms with van der Waals surface area (Å²) < 4.78 is 15.0. The van der Waals surface area contributed by atoms with Crippen LogP contribution in [0.3, 0.4) is 0 Å². The minimum absolute atomic E-state index is 0.168. The average molecular weight is 542 g/mol. The molecule has 208 valence electrons. The number of rotatable bonds is 13. The maximum Gasteiger partial charge on any atom is 0.199 e. The zero-order valence-electron chi connectivity index (χ0n) is 24.4. The van der Waals surface area contributed by atoms with Gasteiger partial charge in [0.15, 0.2) is 6.29 Å². The third kappa shape index (κ3) is 6.61. The predicted molar refractivity (Wildman–Crippen MR) is 170 cm³/mol. The summed E-state index contributed by atoms with van der Waals surface area (Å²) in [5.41, 5.74) is 3.61. The van der Waals surface area contributed by atoms with Gasteiger partial charge in [-0.1, -0.05) is 125 Å². The van der Waals surface area contributed by atoms with E-state index in [-0.39, 0.29) is 6.29 Å². The van der Waals surface area contributed by atoms with Gasteiger partial charge < -0.3 is 14.0 Å². The fraction of sp³-hybridized carbons (Fsp3) is 0.486. The molecule has 4 heteroatoms. The number of ether oxygens (including phenoxy) is 2. The number of unbranched alkanes of at least 4 members (excludes halogenated alkanes) is 7. The van der Waals surface area contributed by atoms with Crippen LogP contribution in [0, 0.1) is 0 Å². The van der Waals surface area contributed by atoms with Crippen LogP contribution >= 0.6 is 0 Å². The van der Waals surface area contributed by atoms with Crippen molar-refractivity contribution in [1.29, 1.82) is 0 Å². The number of para-hydroxylation sites is 2. The topological polar surface area (TPSA) is 23.4 Å². The van der Waals surface area contributed by atoms with E-state index in [0.29, 0.717) is 0 Å². The average Bonchev–Trinajstić information content (AvgIpc) is 3.29. The predicted octanol–water partition coefficient (Wildman–Crippen LogP) is 9.75. The zero-order chi connectivity index (χ0) is 27.1. The van der Waals surface area contributed by atoms with E-state index in [1.807, 2.05) is 0 Å². The second-order valence-corrected chi connectivity index (χ2v) is 16.9. The first-order valence-electron chi connectivity index (χ1n) is 15.5. The molecule has 4 aromatic rings. The lowest BCUT2D eigenvalue weighted by Crippen LogP contribution is -2.41. The molecular weight excluding hydrogens is 494 g/mol. The standard InChI is InChI=1S/C35H47NO2Si/c1-4-5-6-7-8-9-10-17-26-39(2,3)28-23-24-34(38-35-22-15-16-25-37-35)33(27-28)36-31-20-13-11-18-29(31)30-19-12-14-21-32(30)36/h11-14,18-21,23-24,27,35H,4-10,15-17,22,25-26H2,1-3H3. The molecule has 0 N–H and O–H groups in total. The number of fused-ring (bicyclic) bond motifs is 3. The fourth-order valence-corrected chi connectivity index (χ4v) is 8.67. The van der Waals surface area contributed by atoms with Gasteiger partial charge >= 0.3 is 0 Å². The Morgan fingerprint density at radius 3 is 2.08 bits per heavy atom. The van der Waals surface area contributed by atoms with Crippen LogP contribution < -0.4 is 9.92 Å². The molecule has 0 spiro atoms. The molecule has 1 aromatic heterocycles. The largest absolute Gasteiger partial charge is 0.463 e. The first kappa shape index (κ1) is 28.0. The Balaban J connectivity index is 1.45. The van der Waals surface area contributed by atoms with Crippen LogP contribution in [-0.2, 0) is 4.74 Å². The second kappa shape index (κ2) is 13.2. The molecule has 39 heavy (non-hydrogen) atoms. The normalized spacial score (nSPS) is 16.2. The van der Waals surface area contributed by atoms with Crippen molar-refractivity contribution < 1.29 is 9.47 Å². The Bertz CT molecular complexity index is 1300. The monoisotopic (exact) mass is 541 g/mol. The van der Waals surface area contributed by atoms with Crippen molar-refractivity contribution in [3.63, 3.8) is 0 Å². The van der Waals surface area contributed by atoms with Gasteiger partial charge in [-0.05, 0) is 37.1 Å². The Morgan fingerprint density at radius 1 is 0.795 bits per heavy atom. The maximum atomic E-state index is 6.60. The van der Waals surface area contributed by atoms with Crippen LogP contribution in [0.2, 0.25) is 19.1 Å². The number of nitrogens with zero attached hydrogens (tertiary/aromatic N) is 1. The van der Waals surface area contributed by atoms with Crippen LogP contribution in [0.25, 0.3) is 27.5 Å². The highest BCUT2D eigenvalue weighted by Gasteiger charge is 2.26. The zero-order valence-corrected chi connectivity index (χ0v) is 25.4. The van der Waals surface area contributed by atoms with Gasteiger partial charge in [0.05, 0.1) is 31.4 Å². The van der Waals surface area contributed by atoms with Gasteiger partial charge in [0.2, 0.25) is 0 Å². The van der Waals surface area contributed by atoms with Crippen molar-refractivity contribution in [2.24, 2.45) is 0 Å². The molecule has 0 saturated carbocycles. The molecule has 1 aliphatic heterocycles. The minimum atomic E-state index is -1.61. The van der Waals surface area contributed by atoms with Gasteiger partial charge in [0.1, 0.15) is 5.75 Å². The van der Waals surface area contributed by atoms with E-state index < -0.39 is 8.07 Å². The van der Waals surface area contributed by atoms with E-state index in [4.69, 9.17) is 9.47 Å². The molecule has 1 aliphatic rings. The molecule has 3 nitrogen and oxygen atoms in total. The summed E-state index contributed by atoms with van der Waals surface area (Å²) in [6.07, 6.45) is 14.1. The van der Waals surface area contributed by atoms with Gasteiger partial charge in [-0.2, -0.15) is 0 Å². The summed E-state index contributed by atoms with van der Waals surface area (Å²) in [7, 11) is -1.61. The van der Waals surface area contributed by atoms with Crippen LogP contribution in [-0.4, -0.2) is 25.5 Å². The lowest BCUT2D eigenvalue weighted by Gasteiger charge is -2.28. The van der Waals surface area contributed by atoms with E-state index in [1.54, 1.807) is 0 Å². The van der Waals surface area contributed by atoms with Crippen LogP contribution in [0.1, 0.15) is 77.6 Å². The van der Waals surface area contributed by atoms with Gasteiger partial charge in [-0.25, -0.2) is 0 Å². The van der Waals surface area contributed by atoms with Gasteiger partial charge in [0.25, 0.3) is 0 Å². The molecule has 5 rings (SSSR count). The van der Waals surface area contributed by atoms with E-state index in [1.165, 1.54) is 84.4 Å². The Labute approximate surface area is 236 Å². The number of aromatic nitrogens is 1. The minimum Gasteiger partial charge on any atom is -0.463 e. The molecule has 0 bridgehead atoms. The SMILES string of the molecule is CCCCCCCCCC[Si](C)(C)c1ccc(OC2CCCCO2)c(-n2c3ccccc3c3ccccc32)c1. The Kier molecular flexibility index (Phi) is 9.47. The van der Waals surface area contributed by atoms with E-state index >= 15 is 0 Å². The quantitative estimate of drug-likeness (QED) is 0.124. The lowest BCUT2D eigenvalue weighted by molar-refractivity contribution is -0.105. The first-order valence-corrected chi connectivity index (χ1v) is 18.7. The Morgan fingerprint density at radius 2 is 1.44 bits per heavy atom. The summed E-state index contributed by atoms with van der Waals surface area (Å²) >= 11 is 0. The van der Waals surface area contributed by atoms with Crippen molar-refractivity contribution in [3.8, 4) is 11.4 Å². The maximum absolute atomic E-state index is 6.60. The molecule has 1 unspecified atom stereocenters. The van der Waals surface area contributed by atoms with Crippen LogP contribution in [0.15, 0.2) is 66.7 Å². The van der Waals surface area contributed by atoms with Crippen molar-refractivity contribution >= 4 is 35.1 Å². The molecule has 0 radical (unpaired) electrons. The molecule has 1 atom stereocenters. The van der Waals surface area contributed by atoms with Crippen molar-refractivity contribution in [2.75, 3.05) is 6.61 Å². The number of hydrogen-bond acceptors (Lipinski definition) is 2. The van der Waals surface area contributed by atoms with E-state index in [9.17, 15) is 0 Å². The summed E-state index contributed by atoms with van der Waals surface area (Å²) in [5, 5.41) is 4.09. The smallest absolute Gasteiger partial charge is 0.199 e. The highest BCUT2D eigenvalue weighted by molar-refractivity contribution is 6.89. The van der Waals surface area contributed by atoms with Gasteiger partial charge in [-0.15, -0.1) is 0 Å². The van der Waals surface area contributed by atoms with Gasteiger partial charge in [0, 0.05) is 17.2 Å². The second-order valence-electron chi connectivity index (χ2n) is 12.1. The van der Waals surface area contributed by atoms with Crippen molar-refractivity contribution in [2.45, 2.75) is 103 Å². The molecule has 0 aliphatic carbocycles. The number of hydrogen-bond donors (Lipinski definition) is 0. The third-order valence-electron chi connectivity index (χ3n) is 8.61. The molecule has 3 aromatic carbocycles. The van der Waals surface area contributed by atoms with Gasteiger partial charge in [-0.3, -0.25) is 0 Å². The molecule has 0 amide bonds. The van der Waals surface area contributed by atoms with E-state index in [2.05, 4.69) is 91.3 Å². The Hall–Kier alpha value is -2.56. The summed E-state index contributed by atoms with van der Waals surface area (Å²) in [5.74, 6) is 0.925. The van der Waals surface area contributed by atoms with E-state index in [0.717, 1.165) is 37.3 Å². The highest BCUT2D eigenvalue weighted by atomic mass is 28.3. The summed E-state index contributed by atoms with van der Waals surface area (Å²) in [6, 6.07) is 25.9. The summed E-state index contributed by atoms with van der Waals surface area (Å²) in [6.45, 7) is 8.17.